The molecule has 0 aliphatic carbocycles. The van der Waals surface area contributed by atoms with Crippen LogP contribution in [0.5, 0.6) is 17.2 Å². The van der Waals surface area contributed by atoms with E-state index < -0.39 is 0 Å². The highest BCUT2D eigenvalue weighted by Gasteiger charge is 2.12. The van der Waals surface area contributed by atoms with Crippen LogP contribution in [0.4, 0.5) is 0 Å². The summed E-state index contributed by atoms with van der Waals surface area (Å²) in [6.45, 7) is 3.71. The summed E-state index contributed by atoms with van der Waals surface area (Å²) in [5.41, 5.74) is 2.94. The second-order valence-electron chi connectivity index (χ2n) is 4.13. The number of hydrogen-bond donors (Lipinski definition) is 3. The van der Waals surface area contributed by atoms with Gasteiger partial charge >= 0.3 is 0 Å². The number of aryl methyl sites for hydroxylation is 2. The molecule has 0 saturated carbocycles. The minimum Gasteiger partial charge on any atom is -0.508 e. The lowest BCUT2D eigenvalue weighted by Gasteiger charge is -2.11. The van der Waals surface area contributed by atoms with Crippen LogP contribution in [-0.2, 0) is 0 Å². The second-order valence-corrected chi connectivity index (χ2v) is 4.13. The number of aromatic hydroxyl groups is 3. The lowest BCUT2D eigenvalue weighted by molar-refractivity contribution is 0.405. The Hall–Kier alpha value is -2.16. The first kappa shape index (κ1) is 11.3. The van der Waals surface area contributed by atoms with Gasteiger partial charge in [-0.1, -0.05) is 18.2 Å². The summed E-state index contributed by atoms with van der Waals surface area (Å²) in [5.74, 6) is -0.158. The van der Waals surface area contributed by atoms with Crippen LogP contribution in [-0.4, -0.2) is 15.3 Å². The summed E-state index contributed by atoms with van der Waals surface area (Å²) in [6, 6.07) is 8.21. The highest BCUT2D eigenvalue weighted by molar-refractivity contribution is 5.76. The summed E-state index contributed by atoms with van der Waals surface area (Å²) in [7, 11) is 0. The molecule has 0 atom stereocenters. The minimum absolute atomic E-state index is 0.165. The average molecular weight is 230 g/mol. The van der Waals surface area contributed by atoms with Crippen molar-refractivity contribution in [3.63, 3.8) is 0 Å². The highest BCUT2D eigenvalue weighted by Crippen LogP contribution is 2.39. The third-order valence-electron chi connectivity index (χ3n) is 2.85. The van der Waals surface area contributed by atoms with E-state index in [0.29, 0.717) is 11.1 Å². The molecule has 2 rings (SSSR count). The zero-order valence-corrected chi connectivity index (χ0v) is 9.73. The molecule has 3 N–H and O–H groups in total. The van der Waals surface area contributed by atoms with Gasteiger partial charge in [0.25, 0.3) is 0 Å². The molecule has 0 spiro atoms. The normalized spacial score (nSPS) is 10.5. The van der Waals surface area contributed by atoms with Crippen molar-refractivity contribution in [2.24, 2.45) is 0 Å². The zero-order valence-electron chi connectivity index (χ0n) is 9.73. The van der Waals surface area contributed by atoms with Crippen LogP contribution >= 0.6 is 0 Å². The molecule has 0 unspecified atom stereocenters. The number of hydrogen-bond acceptors (Lipinski definition) is 3. The van der Waals surface area contributed by atoms with Gasteiger partial charge in [0.1, 0.15) is 5.75 Å². The molecule has 0 bridgehead atoms. The first-order valence-electron chi connectivity index (χ1n) is 5.32. The van der Waals surface area contributed by atoms with E-state index in [0.717, 1.165) is 11.1 Å². The molecule has 0 aliphatic heterocycles. The van der Waals surface area contributed by atoms with Gasteiger partial charge < -0.3 is 15.3 Å². The van der Waals surface area contributed by atoms with Crippen LogP contribution in [0.2, 0.25) is 0 Å². The van der Waals surface area contributed by atoms with Gasteiger partial charge in [-0.25, -0.2) is 0 Å². The molecular formula is C14H14O3. The summed E-state index contributed by atoms with van der Waals surface area (Å²) >= 11 is 0. The molecule has 0 heterocycles. The fourth-order valence-electron chi connectivity index (χ4n) is 1.88. The Morgan fingerprint density at radius 2 is 1.47 bits per heavy atom. The summed E-state index contributed by atoms with van der Waals surface area (Å²) in [4.78, 5) is 0. The highest BCUT2D eigenvalue weighted by atomic mass is 16.3. The van der Waals surface area contributed by atoms with E-state index in [1.807, 2.05) is 19.9 Å². The second kappa shape index (κ2) is 4.01. The van der Waals surface area contributed by atoms with E-state index >= 15 is 0 Å². The van der Waals surface area contributed by atoms with Crippen LogP contribution in [0.1, 0.15) is 11.1 Å². The molecule has 2 aromatic rings. The zero-order chi connectivity index (χ0) is 12.6. The Morgan fingerprint density at radius 1 is 0.765 bits per heavy atom. The van der Waals surface area contributed by atoms with E-state index in [1.54, 1.807) is 18.2 Å². The number of phenolic OH excluding ortho intramolecular Hbond substituents is 3. The lowest BCUT2D eigenvalue weighted by atomic mass is 9.97. The van der Waals surface area contributed by atoms with E-state index in [4.69, 9.17) is 0 Å². The third kappa shape index (κ3) is 1.91. The van der Waals surface area contributed by atoms with Gasteiger partial charge in [0.15, 0.2) is 11.5 Å². The van der Waals surface area contributed by atoms with Crippen LogP contribution in [0, 0.1) is 13.8 Å². The van der Waals surface area contributed by atoms with Crippen molar-refractivity contribution in [2.45, 2.75) is 13.8 Å². The molecule has 88 valence electrons. The van der Waals surface area contributed by atoms with E-state index in [-0.39, 0.29) is 17.2 Å². The van der Waals surface area contributed by atoms with Crippen LogP contribution < -0.4 is 0 Å². The standard InChI is InChI=1S/C14H14O3/c1-8-6-9(2)13(16)7-11(8)10-4-3-5-12(15)14(10)17/h3-7,15-17H,1-2H3. The Bertz CT molecular complexity index is 574. The molecular weight excluding hydrogens is 216 g/mol. The Morgan fingerprint density at radius 3 is 2.18 bits per heavy atom. The van der Waals surface area contributed by atoms with Crippen molar-refractivity contribution in [2.75, 3.05) is 0 Å². The lowest BCUT2D eigenvalue weighted by Crippen LogP contribution is -1.87. The van der Waals surface area contributed by atoms with Gasteiger partial charge in [0, 0.05) is 5.56 Å². The molecule has 0 amide bonds. The fourth-order valence-corrected chi connectivity index (χ4v) is 1.88. The summed E-state index contributed by atoms with van der Waals surface area (Å²) in [5, 5.41) is 29.0. The maximum atomic E-state index is 9.80. The molecule has 0 fully saturated rings. The minimum atomic E-state index is -0.168. The maximum Gasteiger partial charge on any atom is 0.165 e. The van der Waals surface area contributed by atoms with E-state index in [2.05, 4.69) is 0 Å². The topological polar surface area (TPSA) is 60.7 Å². The SMILES string of the molecule is Cc1cc(C)c(-c2cccc(O)c2O)cc1O. The van der Waals surface area contributed by atoms with Gasteiger partial charge in [-0.2, -0.15) is 0 Å². The smallest absolute Gasteiger partial charge is 0.165 e. The predicted molar refractivity (Wildman–Crippen MR) is 66.3 cm³/mol. The summed E-state index contributed by atoms with van der Waals surface area (Å²) in [6.07, 6.45) is 0. The number of para-hydroxylation sites is 1. The molecule has 0 radical (unpaired) electrons. The molecule has 0 saturated heterocycles. The van der Waals surface area contributed by atoms with Gasteiger partial charge in [-0.15, -0.1) is 0 Å². The molecule has 17 heavy (non-hydrogen) atoms. The van der Waals surface area contributed by atoms with E-state index in [9.17, 15) is 15.3 Å². The van der Waals surface area contributed by atoms with Crippen molar-refractivity contribution >= 4 is 0 Å². The predicted octanol–water partition coefficient (Wildman–Crippen LogP) is 3.09. The van der Waals surface area contributed by atoms with Crippen molar-refractivity contribution in [1.82, 2.24) is 0 Å². The number of phenols is 3. The number of rotatable bonds is 1. The molecule has 0 aliphatic rings. The Labute approximate surface area is 99.6 Å². The van der Waals surface area contributed by atoms with Crippen LogP contribution in [0.25, 0.3) is 11.1 Å². The van der Waals surface area contributed by atoms with Gasteiger partial charge in [-0.05, 0) is 42.7 Å². The van der Waals surface area contributed by atoms with Crippen molar-refractivity contribution in [1.29, 1.82) is 0 Å². The molecule has 3 nitrogen and oxygen atoms in total. The van der Waals surface area contributed by atoms with Crippen molar-refractivity contribution in [3.05, 3.63) is 41.5 Å². The van der Waals surface area contributed by atoms with Gasteiger partial charge in [0.05, 0.1) is 0 Å². The molecule has 3 heteroatoms. The van der Waals surface area contributed by atoms with E-state index in [1.165, 1.54) is 6.07 Å². The van der Waals surface area contributed by atoms with Crippen molar-refractivity contribution in [3.8, 4) is 28.4 Å². The first-order chi connectivity index (χ1) is 8.00. The average Bonchev–Trinajstić information content (AvgIpc) is 2.28. The maximum absolute atomic E-state index is 9.80. The third-order valence-corrected chi connectivity index (χ3v) is 2.85. The Kier molecular flexibility index (Phi) is 2.68. The van der Waals surface area contributed by atoms with Crippen LogP contribution in [0.15, 0.2) is 30.3 Å². The fraction of sp³-hybridized carbons (Fsp3) is 0.143. The van der Waals surface area contributed by atoms with Crippen LogP contribution in [0.3, 0.4) is 0 Å². The van der Waals surface area contributed by atoms with Gasteiger partial charge in [0.2, 0.25) is 0 Å². The molecule has 2 aromatic carbocycles. The first-order valence-corrected chi connectivity index (χ1v) is 5.32. The Balaban J connectivity index is 2.69. The quantitative estimate of drug-likeness (QED) is 0.660. The largest absolute Gasteiger partial charge is 0.508 e. The van der Waals surface area contributed by atoms with Gasteiger partial charge in [-0.3, -0.25) is 0 Å². The molecule has 0 aromatic heterocycles. The number of benzene rings is 2. The monoisotopic (exact) mass is 230 g/mol. The van der Waals surface area contributed by atoms with Crippen molar-refractivity contribution < 1.29 is 15.3 Å². The summed E-state index contributed by atoms with van der Waals surface area (Å²) < 4.78 is 0.